The summed E-state index contributed by atoms with van der Waals surface area (Å²) in [5.74, 6) is -0.686. The van der Waals surface area contributed by atoms with E-state index in [0.29, 0.717) is 18.6 Å². The third-order valence-corrected chi connectivity index (χ3v) is 4.58. The monoisotopic (exact) mass is 314 g/mol. The molecule has 0 radical (unpaired) electrons. The van der Waals surface area contributed by atoms with Gasteiger partial charge in [0.25, 0.3) is 10.1 Å². The smallest absolute Gasteiger partial charge is 0.294 e. The van der Waals surface area contributed by atoms with E-state index in [-0.39, 0.29) is 11.0 Å². The molecule has 1 atom stereocenters. The normalized spacial score (nSPS) is 21.7. The Morgan fingerprint density at radius 1 is 1.38 bits per heavy atom. The largest absolute Gasteiger partial charge is 0.347 e. The molecule has 118 valence electrons. The number of ether oxygens (including phenoxy) is 2. The average molecular weight is 314 g/mol. The highest BCUT2D eigenvalue weighted by Crippen LogP contribution is 2.38. The molecule has 1 aliphatic rings. The van der Waals surface area contributed by atoms with E-state index >= 15 is 0 Å². The maximum absolute atomic E-state index is 11.6. The van der Waals surface area contributed by atoms with Gasteiger partial charge in [-0.25, -0.2) is 0 Å². The lowest BCUT2D eigenvalue weighted by atomic mass is 9.94. The lowest BCUT2D eigenvalue weighted by Gasteiger charge is -2.21. The molecule has 1 unspecified atom stereocenters. The molecule has 1 aromatic carbocycles. The summed E-state index contributed by atoms with van der Waals surface area (Å²) in [5.41, 5.74) is 2.39. The first-order valence-corrected chi connectivity index (χ1v) is 8.51. The summed E-state index contributed by atoms with van der Waals surface area (Å²) in [6, 6.07) is 3.16. The predicted molar refractivity (Wildman–Crippen MR) is 78.8 cm³/mol. The predicted octanol–water partition coefficient (Wildman–Crippen LogP) is 3.02. The van der Waals surface area contributed by atoms with Crippen molar-refractivity contribution in [1.29, 1.82) is 0 Å². The van der Waals surface area contributed by atoms with Gasteiger partial charge in [0.2, 0.25) is 0 Å². The second kappa shape index (κ2) is 5.68. The lowest BCUT2D eigenvalue weighted by molar-refractivity contribution is -0.139. The summed E-state index contributed by atoms with van der Waals surface area (Å²) in [5, 5.41) is 0. The zero-order chi connectivity index (χ0) is 15.8. The van der Waals surface area contributed by atoms with Crippen molar-refractivity contribution >= 4 is 10.1 Å². The van der Waals surface area contributed by atoms with Crippen LogP contribution >= 0.6 is 0 Å². The van der Waals surface area contributed by atoms with E-state index in [0.717, 1.165) is 17.5 Å². The van der Waals surface area contributed by atoms with Gasteiger partial charge < -0.3 is 9.47 Å². The van der Waals surface area contributed by atoms with Crippen LogP contribution in [0.4, 0.5) is 0 Å². The van der Waals surface area contributed by atoms with Gasteiger partial charge in [-0.05, 0) is 49.9 Å². The van der Waals surface area contributed by atoms with Gasteiger partial charge in [-0.3, -0.25) is 4.55 Å². The van der Waals surface area contributed by atoms with Gasteiger partial charge in [-0.15, -0.1) is 0 Å². The van der Waals surface area contributed by atoms with Crippen LogP contribution in [0.25, 0.3) is 0 Å². The molecule has 0 aromatic heterocycles. The topological polar surface area (TPSA) is 72.8 Å². The van der Waals surface area contributed by atoms with Gasteiger partial charge in [-0.1, -0.05) is 19.4 Å². The van der Waals surface area contributed by atoms with Crippen LogP contribution in [0.5, 0.6) is 0 Å². The fraction of sp³-hybridized carbons (Fsp3) is 0.600. The summed E-state index contributed by atoms with van der Waals surface area (Å²) in [7, 11) is -4.25. The minimum absolute atomic E-state index is 0.0294. The Morgan fingerprint density at radius 2 is 2.05 bits per heavy atom. The molecule has 1 aliphatic heterocycles. The maximum Gasteiger partial charge on any atom is 0.294 e. The molecular formula is C15H22O5S. The highest BCUT2D eigenvalue weighted by molar-refractivity contribution is 7.85. The van der Waals surface area contributed by atoms with Crippen molar-refractivity contribution in [3.05, 3.63) is 28.8 Å². The minimum Gasteiger partial charge on any atom is -0.347 e. The standard InChI is InChI=1S/C15H22O5S/c1-5-6-11-13(21(16,17)18)8-7-10(2)14(11)12-9-19-15(3,4)20-12/h7-8,12H,5-6,9H2,1-4H3,(H,16,17,18). The number of aryl methyl sites for hydroxylation is 1. The van der Waals surface area contributed by atoms with Crippen molar-refractivity contribution < 1.29 is 22.4 Å². The molecule has 1 saturated heterocycles. The molecule has 0 bridgehead atoms. The molecule has 21 heavy (non-hydrogen) atoms. The molecule has 0 aliphatic carbocycles. The van der Waals surface area contributed by atoms with Gasteiger partial charge in [-0.2, -0.15) is 8.42 Å². The van der Waals surface area contributed by atoms with Gasteiger partial charge in [0.1, 0.15) is 6.10 Å². The summed E-state index contributed by atoms with van der Waals surface area (Å²) in [6.45, 7) is 7.91. The van der Waals surface area contributed by atoms with Gasteiger partial charge >= 0.3 is 0 Å². The molecule has 1 heterocycles. The first-order valence-electron chi connectivity index (χ1n) is 7.07. The Balaban J connectivity index is 2.59. The zero-order valence-electron chi connectivity index (χ0n) is 12.8. The Morgan fingerprint density at radius 3 is 2.52 bits per heavy atom. The molecule has 6 heteroatoms. The van der Waals surface area contributed by atoms with E-state index in [1.54, 1.807) is 6.07 Å². The Bertz CT molecular complexity index is 634. The highest BCUT2D eigenvalue weighted by atomic mass is 32.2. The van der Waals surface area contributed by atoms with Gasteiger partial charge in [0.05, 0.1) is 11.5 Å². The summed E-state index contributed by atoms with van der Waals surface area (Å²) < 4.78 is 44.2. The Kier molecular flexibility index (Phi) is 4.44. The summed E-state index contributed by atoms with van der Waals surface area (Å²) in [6.07, 6.45) is 1.02. The molecular weight excluding hydrogens is 292 g/mol. The molecule has 0 amide bonds. The van der Waals surface area contributed by atoms with Crippen LogP contribution in [0.3, 0.4) is 0 Å². The third-order valence-electron chi connectivity index (χ3n) is 3.64. The van der Waals surface area contributed by atoms with Crippen LogP contribution in [0.15, 0.2) is 17.0 Å². The van der Waals surface area contributed by atoms with Crippen LogP contribution in [0.2, 0.25) is 0 Å². The van der Waals surface area contributed by atoms with Crippen molar-refractivity contribution in [1.82, 2.24) is 0 Å². The second-order valence-electron chi connectivity index (χ2n) is 5.82. The molecule has 1 fully saturated rings. The van der Waals surface area contributed by atoms with Crippen LogP contribution in [0, 0.1) is 6.92 Å². The number of hydrogen-bond donors (Lipinski definition) is 1. The fourth-order valence-electron chi connectivity index (χ4n) is 2.79. The first-order chi connectivity index (χ1) is 9.65. The van der Waals surface area contributed by atoms with Gasteiger partial charge in [0.15, 0.2) is 5.79 Å². The first kappa shape index (κ1) is 16.4. The third kappa shape index (κ3) is 3.45. The van der Waals surface area contributed by atoms with Crippen molar-refractivity contribution in [2.24, 2.45) is 0 Å². The molecule has 0 spiro atoms. The molecule has 1 N–H and O–H groups in total. The van der Waals surface area contributed by atoms with E-state index in [4.69, 9.17) is 9.47 Å². The van der Waals surface area contributed by atoms with E-state index in [2.05, 4.69) is 0 Å². The lowest BCUT2D eigenvalue weighted by Crippen LogP contribution is -2.20. The van der Waals surface area contributed by atoms with E-state index in [9.17, 15) is 13.0 Å². The number of benzene rings is 1. The van der Waals surface area contributed by atoms with Crippen LogP contribution in [0.1, 0.15) is 50.0 Å². The number of rotatable bonds is 4. The van der Waals surface area contributed by atoms with Crippen molar-refractivity contribution in [2.75, 3.05) is 6.61 Å². The van der Waals surface area contributed by atoms with Crippen molar-refractivity contribution in [3.8, 4) is 0 Å². The average Bonchev–Trinajstić information content (AvgIpc) is 2.68. The molecule has 2 rings (SSSR count). The number of hydrogen-bond acceptors (Lipinski definition) is 4. The van der Waals surface area contributed by atoms with Crippen molar-refractivity contribution in [3.63, 3.8) is 0 Å². The van der Waals surface area contributed by atoms with Gasteiger partial charge in [0, 0.05) is 0 Å². The van der Waals surface area contributed by atoms with Crippen LogP contribution in [-0.4, -0.2) is 25.4 Å². The Hall–Kier alpha value is -0.950. The van der Waals surface area contributed by atoms with Crippen LogP contribution < -0.4 is 0 Å². The fourth-order valence-corrected chi connectivity index (χ4v) is 3.55. The Labute approximate surface area is 126 Å². The quantitative estimate of drug-likeness (QED) is 0.865. The minimum atomic E-state index is -4.25. The highest BCUT2D eigenvalue weighted by Gasteiger charge is 2.36. The van der Waals surface area contributed by atoms with E-state index in [1.165, 1.54) is 6.07 Å². The summed E-state index contributed by atoms with van der Waals surface area (Å²) >= 11 is 0. The molecule has 5 nitrogen and oxygen atoms in total. The van der Waals surface area contributed by atoms with Crippen LogP contribution in [-0.2, 0) is 26.0 Å². The molecule has 0 saturated carbocycles. The summed E-state index contributed by atoms with van der Waals surface area (Å²) in [4.78, 5) is -0.0294. The second-order valence-corrected chi connectivity index (χ2v) is 7.21. The van der Waals surface area contributed by atoms with Crippen molar-refractivity contribution in [2.45, 2.75) is 57.3 Å². The van der Waals surface area contributed by atoms with E-state index in [1.807, 2.05) is 27.7 Å². The zero-order valence-corrected chi connectivity index (χ0v) is 13.7. The SMILES string of the molecule is CCCc1c(S(=O)(=O)O)ccc(C)c1C1COC(C)(C)O1. The maximum atomic E-state index is 11.6. The van der Waals surface area contributed by atoms with E-state index < -0.39 is 15.9 Å². The molecule has 1 aromatic rings.